The number of methoxy groups -OCH3 is 1. The van der Waals surface area contributed by atoms with Crippen molar-refractivity contribution in [3.05, 3.63) is 35.9 Å². The monoisotopic (exact) mass is 334 g/mol. The van der Waals surface area contributed by atoms with Crippen molar-refractivity contribution in [1.29, 1.82) is 0 Å². The first-order chi connectivity index (χ1) is 11.3. The second-order valence-electron chi connectivity index (χ2n) is 7.06. The Morgan fingerprint density at radius 1 is 1.21 bits per heavy atom. The first-order valence-corrected chi connectivity index (χ1v) is 8.12. The quantitative estimate of drug-likeness (QED) is 0.855. The minimum atomic E-state index is -0.576. The van der Waals surface area contributed by atoms with E-state index in [9.17, 15) is 9.59 Å². The maximum Gasteiger partial charge on any atom is 0.407 e. The third-order valence-electron chi connectivity index (χ3n) is 3.85. The molecule has 6 heteroatoms. The lowest BCUT2D eigenvalue weighted by atomic mass is 10.0. The summed E-state index contributed by atoms with van der Waals surface area (Å²) in [4.78, 5) is 26.2. The van der Waals surface area contributed by atoms with E-state index in [1.54, 1.807) is 20.8 Å². The zero-order chi connectivity index (χ0) is 17.7. The smallest absolute Gasteiger partial charge is 0.407 e. The van der Waals surface area contributed by atoms with Gasteiger partial charge in [0.15, 0.2) is 0 Å². The Balaban J connectivity index is 2.01. The van der Waals surface area contributed by atoms with Gasteiger partial charge >= 0.3 is 12.1 Å². The fraction of sp³-hybridized carbons (Fsp3) is 0.556. The lowest BCUT2D eigenvalue weighted by Gasteiger charge is -2.23. The predicted octanol–water partition coefficient (Wildman–Crippen LogP) is 2.18. The van der Waals surface area contributed by atoms with E-state index in [4.69, 9.17) is 9.47 Å². The fourth-order valence-corrected chi connectivity index (χ4v) is 2.85. The molecule has 0 aromatic heterocycles. The molecule has 1 heterocycles. The first-order valence-electron chi connectivity index (χ1n) is 8.12. The molecule has 1 aliphatic rings. The molecule has 24 heavy (non-hydrogen) atoms. The average molecular weight is 334 g/mol. The van der Waals surface area contributed by atoms with Gasteiger partial charge < -0.3 is 14.8 Å². The van der Waals surface area contributed by atoms with Crippen LogP contribution in [-0.2, 0) is 20.8 Å². The molecule has 0 radical (unpaired) electrons. The van der Waals surface area contributed by atoms with Crippen LogP contribution in [0.4, 0.5) is 4.79 Å². The molecule has 6 nitrogen and oxygen atoms in total. The Hall–Kier alpha value is -2.08. The number of carbonyl (C=O) groups is 2. The molecule has 0 saturated carbocycles. The van der Waals surface area contributed by atoms with Crippen molar-refractivity contribution in [1.82, 2.24) is 10.2 Å². The molecule has 0 aliphatic carbocycles. The second kappa shape index (κ2) is 7.66. The van der Waals surface area contributed by atoms with Crippen LogP contribution in [0.1, 0.15) is 26.3 Å². The number of nitrogens with zero attached hydrogens (tertiary/aromatic N) is 1. The highest BCUT2D eigenvalue weighted by Crippen LogP contribution is 2.21. The van der Waals surface area contributed by atoms with Crippen LogP contribution < -0.4 is 5.32 Å². The lowest BCUT2D eigenvalue weighted by Crippen LogP contribution is -2.45. The maximum atomic E-state index is 12.0. The van der Waals surface area contributed by atoms with Gasteiger partial charge in [0.2, 0.25) is 0 Å². The number of hydrogen-bond donors (Lipinski definition) is 1. The average Bonchev–Trinajstić information content (AvgIpc) is 2.87. The number of esters is 1. The predicted molar refractivity (Wildman–Crippen MR) is 90.4 cm³/mol. The summed E-state index contributed by atoms with van der Waals surface area (Å²) >= 11 is 0. The molecule has 0 spiro atoms. The van der Waals surface area contributed by atoms with Gasteiger partial charge in [-0.2, -0.15) is 0 Å². The first kappa shape index (κ1) is 18.3. The molecule has 0 unspecified atom stereocenters. The highest BCUT2D eigenvalue weighted by Gasteiger charge is 2.39. The highest BCUT2D eigenvalue weighted by molar-refractivity contribution is 5.76. The molecule has 1 aromatic rings. The number of benzene rings is 1. The lowest BCUT2D eigenvalue weighted by molar-refractivity contribution is -0.145. The fourth-order valence-electron chi connectivity index (χ4n) is 2.85. The number of amides is 1. The van der Waals surface area contributed by atoms with Crippen LogP contribution in [0.15, 0.2) is 30.3 Å². The normalized spacial score (nSPS) is 21.3. The van der Waals surface area contributed by atoms with Crippen molar-refractivity contribution in [2.45, 2.75) is 39.0 Å². The Morgan fingerprint density at radius 2 is 1.88 bits per heavy atom. The molecule has 2 rings (SSSR count). The van der Waals surface area contributed by atoms with Crippen molar-refractivity contribution in [3.8, 4) is 0 Å². The third-order valence-corrected chi connectivity index (χ3v) is 3.85. The Labute approximate surface area is 143 Å². The minimum absolute atomic E-state index is 0.313. The Morgan fingerprint density at radius 3 is 2.46 bits per heavy atom. The summed E-state index contributed by atoms with van der Waals surface area (Å²) in [6.07, 6.45) is -0.511. The van der Waals surface area contributed by atoms with E-state index in [0.29, 0.717) is 13.1 Å². The van der Waals surface area contributed by atoms with Crippen LogP contribution in [0, 0.1) is 5.92 Å². The molecule has 0 bridgehead atoms. The number of likely N-dealkylation sites (tertiary alicyclic amines) is 1. The largest absolute Gasteiger partial charge is 0.469 e. The van der Waals surface area contributed by atoms with Crippen molar-refractivity contribution in [3.63, 3.8) is 0 Å². The number of alkyl carbamates (subject to hydrolysis) is 1. The molecule has 2 atom stereocenters. The summed E-state index contributed by atoms with van der Waals surface area (Å²) in [5, 5.41) is 2.81. The molecule has 1 saturated heterocycles. The Kier molecular flexibility index (Phi) is 5.83. The number of carbonyl (C=O) groups excluding carboxylic acids is 2. The summed E-state index contributed by atoms with van der Waals surface area (Å²) in [6, 6.07) is 9.71. The summed E-state index contributed by atoms with van der Waals surface area (Å²) < 4.78 is 10.2. The Bertz CT molecular complexity index is 568. The molecular formula is C18H26N2O4. The van der Waals surface area contributed by atoms with Crippen molar-refractivity contribution in [2.75, 3.05) is 20.2 Å². The molecule has 132 valence electrons. The van der Waals surface area contributed by atoms with Gasteiger partial charge in [0.25, 0.3) is 0 Å². The van der Waals surface area contributed by atoms with Crippen LogP contribution in [-0.4, -0.2) is 48.8 Å². The molecule has 1 amide bonds. The van der Waals surface area contributed by atoms with Crippen molar-refractivity contribution < 1.29 is 19.1 Å². The second-order valence-corrected chi connectivity index (χ2v) is 7.06. The number of ether oxygens (including phenoxy) is 2. The standard InChI is InChI=1S/C18H26N2O4/c1-18(2,3)24-17(22)19-15-12-20(11-14(15)16(21)23-4)10-13-8-6-5-7-9-13/h5-9,14-15H,10-12H2,1-4H3,(H,19,22)/t14-,15-/m1/s1. The summed E-state index contributed by atoms with van der Waals surface area (Å²) in [6.45, 7) is 7.26. The molecule has 1 aliphatic heterocycles. The zero-order valence-electron chi connectivity index (χ0n) is 14.7. The summed E-state index contributed by atoms with van der Waals surface area (Å²) in [5.41, 5.74) is 0.590. The molecule has 1 aromatic carbocycles. The summed E-state index contributed by atoms with van der Waals surface area (Å²) in [5.74, 6) is -0.710. The van der Waals surface area contributed by atoms with E-state index in [0.717, 1.165) is 6.54 Å². The highest BCUT2D eigenvalue weighted by atomic mass is 16.6. The van der Waals surface area contributed by atoms with E-state index < -0.39 is 17.6 Å². The number of nitrogens with one attached hydrogen (secondary N) is 1. The van der Waals surface area contributed by atoms with E-state index in [1.807, 2.05) is 30.3 Å². The van der Waals surface area contributed by atoms with Gasteiger partial charge in [0.05, 0.1) is 19.1 Å². The molecular weight excluding hydrogens is 308 g/mol. The van der Waals surface area contributed by atoms with Crippen molar-refractivity contribution >= 4 is 12.1 Å². The molecule has 1 fully saturated rings. The van der Waals surface area contributed by atoms with Gasteiger partial charge in [-0.1, -0.05) is 30.3 Å². The van der Waals surface area contributed by atoms with Crippen molar-refractivity contribution in [2.24, 2.45) is 5.92 Å². The van der Waals surface area contributed by atoms with Gasteiger partial charge in [-0.05, 0) is 26.3 Å². The number of rotatable bonds is 4. The van der Waals surface area contributed by atoms with Crippen LogP contribution in [0.2, 0.25) is 0 Å². The topological polar surface area (TPSA) is 67.9 Å². The SMILES string of the molecule is COC(=O)[C@@H]1CN(Cc2ccccc2)C[C@H]1NC(=O)OC(C)(C)C. The van der Waals surface area contributed by atoms with Crippen LogP contribution in [0.25, 0.3) is 0 Å². The van der Waals surface area contributed by atoms with Crippen LogP contribution in [0.3, 0.4) is 0 Å². The zero-order valence-corrected chi connectivity index (χ0v) is 14.7. The minimum Gasteiger partial charge on any atom is -0.469 e. The van der Waals surface area contributed by atoms with E-state index in [2.05, 4.69) is 10.2 Å². The van der Waals surface area contributed by atoms with Gasteiger partial charge in [-0.3, -0.25) is 9.69 Å². The van der Waals surface area contributed by atoms with Crippen LogP contribution in [0.5, 0.6) is 0 Å². The van der Waals surface area contributed by atoms with Crippen LogP contribution >= 0.6 is 0 Å². The maximum absolute atomic E-state index is 12.0. The van der Waals surface area contributed by atoms with Gasteiger partial charge in [-0.25, -0.2) is 4.79 Å². The van der Waals surface area contributed by atoms with E-state index in [-0.39, 0.29) is 12.0 Å². The third kappa shape index (κ3) is 5.23. The molecule has 1 N–H and O–H groups in total. The van der Waals surface area contributed by atoms with Gasteiger partial charge in [-0.15, -0.1) is 0 Å². The van der Waals surface area contributed by atoms with E-state index in [1.165, 1.54) is 12.7 Å². The summed E-state index contributed by atoms with van der Waals surface area (Å²) in [7, 11) is 1.37. The van der Waals surface area contributed by atoms with Gasteiger partial charge in [0, 0.05) is 19.6 Å². The van der Waals surface area contributed by atoms with E-state index >= 15 is 0 Å². The number of hydrogen-bond acceptors (Lipinski definition) is 5. The van der Waals surface area contributed by atoms with Gasteiger partial charge in [0.1, 0.15) is 5.60 Å².